The van der Waals surface area contributed by atoms with E-state index in [1.807, 2.05) is 0 Å². The molecule has 1 heterocycles. The third-order valence-corrected chi connectivity index (χ3v) is 1.37. The number of hydrogen-bond donors (Lipinski definition) is 0. The first-order valence-corrected chi connectivity index (χ1v) is 2.72. The van der Waals surface area contributed by atoms with Crippen LogP contribution in [-0.4, -0.2) is 3.59 Å². The number of nitrogens with zero attached hydrogens (tertiary/aromatic N) is 2. The van der Waals surface area contributed by atoms with Gasteiger partial charge in [0.2, 0.25) is 0 Å². The smallest absolute Gasteiger partial charge is 0.187 e. The van der Waals surface area contributed by atoms with Gasteiger partial charge in [-0.1, -0.05) is 0 Å². The fourth-order valence-electron chi connectivity index (χ4n) is 0.422. The third-order valence-electron chi connectivity index (χ3n) is 0.775. The molecule has 0 aliphatic rings. The lowest BCUT2D eigenvalue weighted by Crippen LogP contribution is -1.68. The molecule has 42 valence electrons. The van der Waals surface area contributed by atoms with Crippen molar-refractivity contribution in [3.63, 3.8) is 0 Å². The van der Waals surface area contributed by atoms with Crippen LogP contribution in [0.1, 0.15) is 0 Å². The Bertz CT molecular complexity index is 196. The molecule has 1 aromatic heterocycles. The summed E-state index contributed by atoms with van der Waals surface area (Å²) in [5, 5.41) is 2.70. The summed E-state index contributed by atoms with van der Waals surface area (Å²) >= 11 is 3.05. The van der Waals surface area contributed by atoms with Crippen LogP contribution >= 0.6 is 16.1 Å². The van der Waals surface area contributed by atoms with Crippen molar-refractivity contribution in [1.82, 2.24) is 3.59 Å². The van der Waals surface area contributed by atoms with Gasteiger partial charge >= 0.3 is 0 Å². The molecule has 1 aromatic rings. The number of nitroso groups, excluding NO2 is 1. The Morgan fingerprint density at radius 2 is 2.50 bits per heavy atom. The molecule has 0 spiro atoms. The summed E-state index contributed by atoms with van der Waals surface area (Å²) in [5.74, 6) is 0.380. The maximum absolute atomic E-state index is 9.79. The van der Waals surface area contributed by atoms with Gasteiger partial charge < -0.3 is 0 Å². The number of rotatable bonds is 1. The molecule has 0 amide bonds. The molecule has 0 aliphatic carbocycles. The summed E-state index contributed by atoms with van der Waals surface area (Å²) in [6, 6.07) is 3.34. The molecular weight excluding hydrogens is 172 g/mol. The monoisotopic (exact) mass is 174 g/mol. The van der Waals surface area contributed by atoms with Crippen LogP contribution in [0.3, 0.4) is 0 Å². The lowest BCUT2D eigenvalue weighted by molar-refractivity contribution is 1.26. The Kier molecular flexibility index (Phi) is 1.43. The molecule has 4 heteroatoms. The first kappa shape index (κ1) is 5.50. The van der Waals surface area contributed by atoms with Crippen molar-refractivity contribution in [3.8, 4) is 0 Å². The second-order valence-electron chi connectivity index (χ2n) is 1.27. The molecule has 0 fully saturated rings. The van der Waals surface area contributed by atoms with Crippen molar-refractivity contribution < 1.29 is 0 Å². The fraction of sp³-hybridized carbons (Fsp3) is 0. The predicted molar refractivity (Wildman–Crippen MR) is 34.2 cm³/mol. The van der Waals surface area contributed by atoms with E-state index in [0.717, 1.165) is 0 Å². The van der Waals surface area contributed by atoms with E-state index in [1.165, 1.54) is 3.59 Å². The van der Waals surface area contributed by atoms with Gasteiger partial charge in [0.15, 0.2) is 5.82 Å². The molecule has 0 bridgehead atoms. The van der Waals surface area contributed by atoms with Crippen molar-refractivity contribution in [2.45, 2.75) is 0 Å². The quantitative estimate of drug-likeness (QED) is 0.601. The van der Waals surface area contributed by atoms with Gasteiger partial charge in [0.1, 0.15) is 0 Å². The second kappa shape index (κ2) is 2.09. The molecule has 0 aliphatic heterocycles. The number of hydrogen-bond acceptors (Lipinski definition) is 2. The van der Waals surface area contributed by atoms with Gasteiger partial charge in [-0.25, -0.2) is 0 Å². The van der Waals surface area contributed by atoms with Crippen molar-refractivity contribution in [2.75, 3.05) is 0 Å². The van der Waals surface area contributed by atoms with Gasteiger partial charge in [0.05, 0.1) is 16.1 Å². The van der Waals surface area contributed by atoms with E-state index in [4.69, 9.17) is 0 Å². The number of halogens is 1. The zero-order valence-corrected chi connectivity index (χ0v) is 5.50. The van der Waals surface area contributed by atoms with Crippen molar-refractivity contribution in [2.24, 2.45) is 5.18 Å². The van der Waals surface area contributed by atoms with Gasteiger partial charge in [-0.05, 0) is 17.3 Å². The Morgan fingerprint density at radius 1 is 1.75 bits per heavy atom. The van der Waals surface area contributed by atoms with Gasteiger partial charge in [0.25, 0.3) is 0 Å². The summed E-state index contributed by atoms with van der Waals surface area (Å²) in [5.41, 5.74) is 0. The maximum atomic E-state index is 9.79. The van der Waals surface area contributed by atoms with Crippen LogP contribution in [0, 0.1) is 4.91 Å². The van der Waals surface area contributed by atoms with Gasteiger partial charge in [0, 0.05) is 6.20 Å². The van der Waals surface area contributed by atoms with E-state index in [-0.39, 0.29) is 0 Å². The minimum Gasteiger partial charge on any atom is -0.265 e. The Balaban J connectivity index is 3.09. The molecule has 0 radical (unpaired) electrons. The summed E-state index contributed by atoms with van der Waals surface area (Å²) in [4.78, 5) is 9.79. The van der Waals surface area contributed by atoms with Crippen molar-refractivity contribution in [1.29, 1.82) is 0 Å². The minimum absolute atomic E-state index is 0.380. The molecule has 0 saturated heterocycles. The SMILES string of the molecule is O=Nc1cccn1Br. The van der Waals surface area contributed by atoms with Crippen LogP contribution in [0.15, 0.2) is 23.5 Å². The van der Waals surface area contributed by atoms with E-state index < -0.39 is 0 Å². The Morgan fingerprint density at radius 3 is 2.75 bits per heavy atom. The third kappa shape index (κ3) is 0.790. The summed E-state index contributed by atoms with van der Waals surface area (Å²) in [7, 11) is 0. The summed E-state index contributed by atoms with van der Waals surface area (Å²) in [6.07, 6.45) is 1.69. The molecule has 1 rings (SSSR count). The highest BCUT2D eigenvalue weighted by atomic mass is 79.9. The molecule has 0 aromatic carbocycles. The van der Waals surface area contributed by atoms with E-state index in [9.17, 15) is 4.91 Å². The average molecular weight is 175 g/mol. The Labute approximate surface area is 54.6 Å². The Hall–Kier alpha value is -0.640. The van der Waals surface area contributed by atoms with E-state index >= 15 is 0 Å². The van der Waals surface area contributed by atoms with Gasteiger partial charge in [-0.15, -0.1) is 4.91 Å². The topological polar surface area (TPSA) is 34.4 Å². The van der Waals surface area contributed by atoms with Crippen molar-refractivity contribution in [3.05, 3.63) is 23.2 Å². The zero-order chi connectivity index (χ0) is 5.98. The lowest BCUT2D eigenvalue weighted by Gasteiger charge is -1.83. The lowest BCUT2D eigenvalue weighted by atomic mass is 10.6. The fourth-order valence-corrected chi connectivity index (χ4v) is 0.741. The minimum atomic E-state index is 0.380. The van der Waals surface area contributed by atoms with Crippen molar-refractivity contribution >= 4 is 22.0 Å². The largest absolute Gasteiger partial charge is 0.265 e. The molecule has 0 saturated carbocycles. The van der Waals surface area contributed by atoms with Crippen LogP contribution in [-0.2, 0) is 0 Å². The van der Waals surface area contributed by atoms with E-state index in [2.05, 4.69) is 21.3 Å². The first-order valence-electron chi connectivity index (χ1n) is 2.01. The molecule has 0 atom stereocenters. The molecule has 3 nitrogen and oxygen atoms in total. The standard InChI is InChI=1S/C4H3BrN2O/c5-7-3-1-2-4(7)6-8/h1-3H. The highest BCUT2D eigenvalue weighted by Crippen LogP contribution is 2.13. The van der Waals surface area contributed by atoms with Crippen LogP contribution < -0.4 is 0 Å². The first-order chi connectivity index (χ1) is 3.84. The highest BCUT2D eigenvalue weighted by Gasteiger charge is 1.92. The summed E-state index contributed by atoms with van der Waals surface area (Å²) in [6.45, 7) is 0. The van der Waals surface area contributed by atoms with E-state index in [0.29, 0.717) is 5.82 Å². The summed E-state index contributed by atoms with van der Waals surface area (Å²) < 4.78 is 1.47. The molecular formula is C4H3BrN2O. The molecule has 0 unspecified atom stereocenters. The van der Waals surface area contributed by atoms with Crippen LogP contribution in [0.4, 0.5) is 5.82 Å². The molecule has 8 heavy (non-hydrogen) atoms. The number of aromatic nitrogens is 1. The van der Waals surface area contributed by atoms with E-state index in [1.54, 1.807) is 18.3 Å². The second-order valence-corrected chi connectivity index (χ2v) is 2.03. The highest BCUT2D eigenvalue weighted by molar-refractivity contribution is 9.08. The normalized spacial score (nSPS) is 9.12. The maximum Gasteiger partial charge on any atom is 0.187 e. The van der Waals surface area contributed by atoms with Gasteiger partial charge in [-0.3, -0.25) is 3.59 Å². The zero-order valence-electron chi connectivity index (χ0n) is 3.91. The average Bonchev–Trinajstić information content (AvgIpc) is 2.14. The molecule has 0 N–H and O–H groups in total. The van der Waals surface area contributed by atoms with Gasteiger partial charge in [-0.2, -0.15) is 0 Å². The van der Waals surface area contributed by atoms with Crippen LogP contribution in [0.25, 0.3) is 0 Å². The van der Waals surface area contributed by atoms with Crippen LogP contribution in [0.5, 0.6) is 0 Å². The predicted octanol–water partition coefficient (Wildman–Crippen LogP) is 2.04. The van der Waals surface area contributed by atoms with Crippen LogP contribution in [0.2, 0.25) is 0 Å².